The van der Waals surface area contributed by atoms with Gasteiger partial charge in [-0.2, -0.15) is 0 Å². The second kappa shape index (κ2) is 5.99. The summed E-state index contributed by atoms with van der Waals surface area (Å²) in [7, 11) is 2.01. The highest BCUT2D eigenvalue weighted by atomic mass is 79.9. The monoisotopic (exact) mass is 406 g/mol. The predicted molar refractivity (Wildman–Crippen MR) is 92.2 cm³/mol. The van der Waals surface area contributed by atoms with E-state index in [-0.39, 0.29) is 0 Å². The van der Waals surface area contributed by atoms with Gasteiger partial charge in [-0.15, -0.1) is 0 Å². The minimum Gasteiger partial charge on any atom is -0.360 e. The van der Waals surface area contributed by atoms with E-state index in [0.29, 0.717) is 0 Å². The van der Waals surface area contributed by atoms with E-state index in [1.54, 1.807) is 6.20 Å². The number of aryl methyl sites for hydroxylation is 1. The molecular formula is C15H12Br2N4. The van der Waals surface area contributed by atoms with Crippen LogP contribution in [0.25, 0.3) is 22.1 Å². The van der Waals surface area contributed by atoms with E-state index >= 15 is 0 Å². The number of halogens is 2. The molecule has 1 N–H and O–H groups in total. The van der Waals surface area contributed by atoms with Crippen molar-refractivity contribution in [1.82, 2.24) is 19.5 Å². The molecule has 4 aromatic heterocycles. The Balaban J connectivity index is 0.000000126. The van der Waals surface area contributed by atoms with Crippen LogP contribution in [-0.4, -0.2) is 19.5 Å². The van der Waals surface area contributed by atoms with Crippen LogP contribution in [0, 0.1) is 0 Å². The van der Waals surface area contributed by atoms with Gasteiger partial charge in [-0.3, -0.25) is 9.97 Å². The Morgan fingerprint density at radius 1 is 1.00 bits per heavy atom. The molecule has 0 atom stereocenters. The molecule has 0 spiro atoms. The van der Waals surface area contributed by atoms with Crippen molar-refractivity contribution >= 4 is 53.9 Å². The lowest BCUT2D eigenvalue weighted by Gasteiger charge is -1.94. The Hall–Kier alpha value is -1.66. The number of nitrogens with one attached hydrogen (secondary N) is 1. The van der Waals surface area contributed by atoms with Crippen LogP contribution in [0.1, 0.15) is 0 Å². The van der Waals surface area contributed by atoms with E-state index in [0.717, 1.165) is 31.0 Å². The first-order chi connectivity index (χ1) is 10.1. The number of pyridine rings is 2. The summed E-state index contributed by atoms with van der Waals surface area (Å²) in [5, 5.41) is 0. The maximum absolute atomic E-state index is 4.23. The Morgan fingerprint density at radius 3 is 2.52 bits per heavy atom. The average molecular weight is 408 g/mol. The summed E-state index contributed by atoms with van der Waals surface area (Å²) in [6, 6.07) is 8.01. The van der Waals surface area contributed by atoms with E-state index in [4.69, 9.17) is 0 Å². The lowest BCUT2D eigenvalue weighted by atomic mass is 10.4. The van der Waals surface area contributed by atoms with E-state index in [2.05, 4.69) is 52.9 Å². The molecule has 0 aliphatic carbocycles. The zero-order valence-electron chi connectivity index (χ0n) is 11.2. The van der Waals surface area contributed by atoms with Crippen LogP contribution < -0.4 is 0 Å². The van der Waals surface area contributed by atoms with Gasteiger partial charge in [0.1, 0.15) is 0 Å². The molecule has 0 aliphatic heterocycles. The van der Waals surface area contributed by atoms with Crippen molar-refractivity contribution in [1.29, 1.82) is 0 Å². The van der Waals surface area contributed by atoms with Crippen molar-refractivity contribution in [3.05, 3.63) is 58.0 Å². The minimum absolute atomic E-state index is 1.00. The normalized spacial score (nSPS) is 10.6. The van der Waals surface area contributed by atoms with Gasteiger partial charge in [0.15, 0.2) is 0 Å². The minimum atomic E-state index is 1.00. The summed E-state index contributed by atoms with van der Waals surface area (Å²) in [4.78, 5) is 11.5. The highest BCUT2D eigenvalue weighted by molar-refractivity contribution is 9.10. The molecule has 0 aromatic carbocycles. The SMILES string of the molecule is Brc1cnc2cc[nH]c2c1.Cn1ccc2ncc(Br)cc21. The van der Waals surface area contributed by atoms with Crippen LogP contribution in [0.3, 0.4) is 0 Å². The molecule has 106 valence electrons. The molecule has 21 heavy (non-hydrogen) atoms. The molecular weight excluding hydrogens is 396 g/mol. The highest BCUT2D eigenvalue weighted by Crippen LogP contribution is 2.17. The van der Waals surface area contributed by atoms with Crippen molar-refractivity contribution in [2.45, 2.75) is 0 Å². The van der Waals surface area contributed by atoms with Crippen molar-refractivity contribution in [3.63, 3.8) is 0 Å². The largest absolute Gasteiger partial charge is 0.360 e. The Kier molecular flexibility index (Phi) is 4.07. The number of hydrogen-bond donors (Lipinski definition) is 1. The molecule has 6 heteroatoms. The van der Waals surface area contributed by atoms with Crippen molar-refractivity contribution in [2.24, 2.45) is 7.05 Å². The number of aromatic nitrogens is 4. The third-order valence-electron chi connectivity index (χ3n) is 3.07. The van der Waals surface area contributed by atoms with E-state index in [1.165, 1.54) is 0 Å². The summed E-state index contributed by atoms with van der Waals surface area (Å²) in [5.41, 5.74) is 4.26. The van der Waals surface area contributed by atoms with Gasteiger partial charge >= 0.3 is 0 Å². The van der Waals surface area contributed by atoms with E-state index in [9.17, 15) is 0 Å². The zero-order valence-corrected chi connectivity index (χ0v) is 14.4. The molecule has 0 radical (unpaired) electrons. The van der Waals surface area contributed by atoms with Gasteiger partial charge in [0, 0.05) is 40.8 Å². The molecule has 0 fully saturated rings. The number of hydrogen-bond acceptors (Lipinski definition) is 2. The molecule has 0 bridgehead atoms. The van der Waals surface area contributed by atoms with Crippen LogP contribution in [0.4, 0.5) is 0 Å². The molecule has 0 saturated heterocycles. The first kappa shape index (κ1) is 14.3. The lowest BCUT2D eigenvalue weighted by molar-refractivity contribution is 0.968. The van der Waals surface area contributed by atoms with Gasteiger partial charge in [0.2, 0.25) is 0 Å². The van der Waals surface area contributed by atoms with Gasteiger partial charge < -0.3 is 9.55 Å². The predicted octanol–water partition coefficient (Wildman–Crippen LogP) is 4.66. The highest BCUT2D eigenvalue weighted by Gasteiger charge is 1.98. The van der Waals surface area contributed by atoms with Crippen molar-refractivity contribution in [2.75, 3.05) is 0 Å². The number of fused-ring (bicyclic) bond motifs is 2. The Bertz CT molecular complexity index is 895. The average Bonchev–Trinajstić information content (AvgIpc) is 3.06. The van der Waals surface area contributed by atoms with Crippen molar-refractivity contribution < 1.29 is 0 Å². The van der Waals surface area contributed by atoms with Crippen LogP contribution in [-0.2, 0) is 7.05 Å². The molecule has 0 aliphatic rings. The molecule has 4 aromatic rings. The lowest BCUT2D eigenvalue weighted by Crippen LogP contribution is -1.84. The topological polar surface area (TPSA) is 46.5 Å². The van der Waals surface area contributed by atoms with Gasteiger partial charge in [-0.25, -0.2) is 0 Å². The Morgan fingerprint density at radius 2 is 1.71 bits per heavy atom. The van der Waals surface area contributed by atoms with Crippen LogP contribution in [0.15, 0.2) is 58.0 Å². The molecule has 0 amide bonds. The van der Waals surface area contributed by atoms with Gasteiger partial charge in [0.05, 0.1) is 22.1 Å². The molecule has 4 heterocycles. The third kappa shape index (κ3) is 3.16. The molecule has 4 rings (SSSR count). The van der Waals surface area contributed by atoms with Crippen LogP contribution in [0.2, 0.25) is 0 Å². The number of H-pyrrole nitrogens is 1. The van der Waals surface area contributed by atoms with E-state index in [1.807, 2.05) is 48.4 Å². The summed E-state index contributed by atoms with van der Waals surface area (Å²) in [6.45, 7) is 0. The first-order valence-corrected chi connectivity index (χ1v) is 7.87. The van der Waals surface area contributed by atoms with Crippen molar-refractivity contribution in [3.8, 4) is 0 Å². The standard InChI is InChI=1S/C8H7BrN2.C7H5BrN2/c1-11-3-2-7-8(11)4-6(9)5-10-7;8-5-3-7-6(10-4-5)1-2-9-7/h2-5H,1H3;1-4,9H. The fraction of sp³-hybridized carbons (Fsp3) is 0.0667. The van der Waals surface area contributed by atoms with Gasteiger partial charge in [-0.05, 0) is 56.1 Å². The molecule has 0 unspecified atom stereocenters. The summed E-state index contributed by atoms with van der Waals surface area (Å²) in [6.07, 6.45) is 7.48. The summed E-state index contributed by atoms with van der Waals surface area (Å²) < 4.78 is 4.07. The maximum atomic E-state index is 4.23. The number of nitrogens with zero attached hydrogens (tertiary/aromatic N) is 3. The smallest absolute Gasteiger partial charge is 0.0881 e. The Labute approximate surface area is 138 Å². The second-order valence-corrected chi connectivity index (χ2v) is 6.38. The maximum Gasteiger partial charge on any atom is 0.0881 e. The number of rotatable bonds is 0. The van der Waals surface area contributed by atoms with Gasteiger partial charge in [-0.1, -0.05) is 0 Å². The van der Waals surface area contributed by atoms with Gasteiger partial charge in [0.25, 0.3) is 0 Å². The molecule has 4 nitrogen and oxygen atoms in total. The third-order valence-corrected chi connectivity index (χ3v) is 3.93. The fourth-order valence-corrected chi connectivity index (χ4v) is 2.67. The molecule has 0 saturated carbocycles. The first-order valence-electron chi connectivity index (χ1n) is 6.29. The summed E-state index contributed by atoms with van der Waals surface area (Å²) >= 11 is 6.71. The van der Waals surface area contributed by atoms with Crippen LogP contribution >= 0.6 is 31.9 Å². The second-order valence-electron chi connectivity index (χ2n) is 4.55. The quantitative estimate of drug-likeness (QED) is 0.460. The number of aromatic amines is 1. The fourth-order valence-electron chi connectivity index (χ4n) is 2.02. The zero-order chi connectivity index (χ0) is 14.8. The van der Waals surface area contributed by atoms with Crippen LogP contribution in [0.5, 0.6) is 0 Å². The summed E-state index contributed by atoms with van der Waals surface area (Å²) in [5.74, 6) is 0. The van der Waals surface area contributed by atoms with E-state index < -0.39 is 0 Å².